The quantitative estimate of drug-likeness (QED) is 0.759. The van der Waals surface area contributed by atoms with Gasteiger partial charge in [-0.2, -0.15) is 0 Å². The van der Waals surface area contributed by atoms with E-state index in [0.29, 0.717) is 13.0 Å². The number of nitrogens with one attached hydrogen (secondary N) is 2. The van der Waals surface area contributed by atoms with Crippen molar-refractivity contribution < 1.29 is 9.53 Å². The molecule has 21 heavy (non-hydrogen) atoms. The average molecular weight is 292 g/mol. The van der Waals surface area contributed by atoms with E-state index in [-0.39, 0.29) is 17.6 Å². The van der Waals surface area contributed by atoms with E-state index >= 15 is 0 Å². The Bertz CT molecular complexity index is 450. The number of carbonyl (C=O) groups is 1. The van der Waals surface area contributed by atoms with Gasteiger partial charge in [-0.3, -0.25) is 4.79 Å². The van der Waals surface area contributed by atoms with Gasteiger partial charge in [-0.15, -0.1) is 0 Å². The van der Waals surface area contributed by atoms with Crippen LogP contribution in [0.15, 0.2) is 24.3 Å². The Hall–Kier alpha value is -1.55. The maximum atomic E-state index is 12.0. The maximum Gasteiger partial charge on any atom is 0.224 e. The Balaban J connectivity index is 2.44. The molecule has 0 bridgehead atoms. The van der Waals surface area contributed by atoms with E-state index < -0.39 is 0 Å². The summed E-state index contributed by atoms with van der Waals surface area (Å²) in [7, 11) is 0. The molecule has 0 unspecified atom stereocenters. The number of hydrogen-bond acceptors (Lipinski definition) is 3. The van der Waals surface area contributed by atoms with E-state index in [1.165, 1.54) is 0 Å². The summed E-state index contributed by atoms with van der Waals surface area (Å²) in [6, 6.07) is 7.69. The van der Waals surface area contributed by atoms with Crippen molar-refractivity contribution in [3.05, 3.63) is 29.8 Å². The molecule has 4 heteroatoms. The molecule has 1 amide bonds. The standard InChI is InChI=1S/C17H28N2O2/c1-13(2)21-15-9-7-6-8-14(15)12-16(20)18-10-11-19-17(3,4)5/h6-9,13,19H,10-12H2,1-5H3,(H,18,20). The molecular weight excluding hydrogens is 264 g/mol. The van der Waals surface area contributed by atoms with Crippen LogP contribution in [0.1, 0.15) is 40.2 Å². The summed E-state index contributed by atoms with van der Waals surface area (Å²) in [6.07, 6.45) is 0.448. The molecular formula is C17H28N2O2. The van der Waals surface area contributed by atoms with Crippen molar-refractivity contribution in [3.63, 3.8) is 0 Å². The molecule has 1 aromatic carbocycles. The lowest BCUT2D eigenvalue weighted by Crippen LogP contribution is -2.41. The lowest BCUT2D eigenvalue weighted by molar-refractivity contribution is -0.120. The van der Waals surface area contributed by atoms with Crippen molar-refractivity contribution in [2.24, 2.45) is 0 Å². The van der Waals surface area contributed by atoms with Gasteiger partial charge in [-0.25, -0.2) is 0 Å². The summed E-state index contributed by atoms with van der Waals surface area (Å²) < 4.78 is 5.72. The van der Waals surface area contributed by atoms with E-state index in [1.54, 1.807) is 0 Å². The van der Waals surface area contributed by atoms with Crippen molar-refractivity contribution in [3.8, 4) is 5.75 Å². The fraction of sp³-hybridized carbons (Fsp3) is 0.588. The Kier molecular flexibility index (Phi) is 6.69. The summed E-state index contributed by atoms with van der Waals surface area (Å²) >= 11 is 0. The Morgan fingerprint density at radius 3 is 2.48 bits per heavy atom. The van der Waals surface area contributed by atoms with Crippen LogP contribution in [0.5, 0.6) is 5.75 Å². The van der Waals surface area contributed by atoms with Crippen LogP contribution in [0.4, 0.5) is 0 Å². The highest BCUT2D eigenvalue weighted by Gasteiger charge is 2.11. The normalized spacial score (nSPS) is 11.5. The highest BCUT2D eigenvalue weighted by atomic mass is 16.5. The van der Waals surface area contributed by atoms with E-state index in [0.717, 1.165) is 17.9 Å². The predicted octanol–water partition coefficient (Wildman–Crippen LogP) is 2.52. The first-order valence-corrected chi connectivity index (χ1v) is 7.54. The number of carbonyl (C=O) groups excluding carboxylic acids is 1. The van der Waals surface area contributed by atoms with Gasteiger partial charge in [0.05, 0.1) is 12.5 Å². The SMILES string of the molecule is CC(C)Oc1ccccc1CC(=O)NCCNC(C)(C)C. The van der Waals surface area contributed by atoms with Gasteiger partial charge in [0, 0.05) is 24.2 Å². The minimum Gasteiger partial charge on any atom is -0.491 e. The van der Waals surface area contributed by atoms with Crippen molar-refractivity contribution in [1.29, 1.82) is 0 Å². The third-order valence-corrected chi connectivity index (χ3v) is 2.79. The van der Waals surface area contributed by atoms with Crippen LogP contribution in [0, 0.1) is 0 Å². The second-order valence-corrected chi connectivity index (χ2v) is 6.48. The third-order valence-electron chi connectivity index (χ3n) is 2.79. The van der Waals surface area contributed by atoms with Crippen LogP contribution >= 0.6 is 0 Å². The highest BCUT2D eigenvalue weighted by molar-refractivity contribution is 5.79. The zero-order valence-corrected chi connectivity index (χ0v) is 13.8. The summed E-state index contributed by atoms with van der Waals surface area (Å²) in [5, 5.41) is 6.27. The van der Waals surface area contributed by atoms with Gasteiger partial charge in [-0.1, -0.05) is 18.2 Å². The molecule has 0 atom stereocenters. The monoisotopic (exact) mass is 292 g/mol. The molecule has 1 aromatic rings. The van der Waals surface area contributed by atoms with Gasteiger partial charge in [0.2, 0.25) is 5.91 Å². The molecule has 0 radical (unpaired) electrons. The van der Waals surface area contributed by atoms with Crippen molar-refractivity contribution in [1.82, 2.24) is 10.6 Å². The molecule has 0 aliphatic rings. The van der Waals surface area contributed by atoms with Crippen molar-refractivity contribution in [2.45, 2.75) is 52.7 Å². The molecule has 0 saturated heterocycles. The lowest BCUT2D eigenvalue weighted by atomic mass is 10.1. The summed E-state index contributed by atoms with van der Waals surface area (Å²) in [4.78, 5) is 12.0. The number of rotatable bonds is 7. The van der Waals surface area contributed by atoms with Crippen LogP contribution < -0.4 is 15.4 Å². The maximum absolute atomic E-state index is 12.0. The first-order chi connectivity index (χ1) is 9.78. The van der Waals surface area contributed by atoms with Crippen LogP contribution in [0.3, 0.4) is 0 Å². The number of amides is 1. The minimum absolute atomic E-state index is 0.0190. The number of benzene rings is 1. The minimum atomic E-state index is 0.0190. The Morgan fingerprint density at radius 1 is 1.19 bits per heavy atom. The fourth-order valence-corrected chi connectivity index (χ4v) is 1.89. The van der Waals surface area contributed by atoms with E-state index in [9.17, 15) is 4.79 Å². The van der Waals surface area contributed by atoms with Crippen molar-refractivity contribution >= 4 is 5.91 Å². The molecule has 0 aromatic heterocycles. The molecule has 0 heterocycles. The number of ether oxygens (including phenoxy) is 1. The zero-order chi connectivity index (χ0) is 15.9. The van der Waals surface area contributed by atoms with E-state index in [4.69, 9.17) is 4.74 Å². The predicted molar refractivity (Wildman–Crippen MR) is 86.7 cm³/mol. The summed E-state index contributed by atoms with van der Waals surface area (Å²) in [6.45, 7) is 11.7. The van der Waals surface area contributed by atoms with Gasteiger partial charge >= 0.3 is 0 Å². The number of para-hydroxylation sites is 1. The zero-order valence-electron chi connectivity index (χ0n) is 13.8. The second kappa shape index (κ2) is 8.03. The molecule has 0 aliphatic carbocycles. The highest BCUT2D eigenvalue weighted by Crippen LogP contribution is 2.19. The van der Waals surface area contributed by atoms with E-state index in [2.05, 4.69) is 31.4 Å². The van der Waals surface area contributed by atoms with Gasteiger partial charge in [0.25, 0.3) is 0 Å². The summed E-state index contributed by atoms with van der Waals surface area (Å²) in [5.41, 5.74) is 0.995. The van der Waals surface area contributed by atoms with Gasteiger partial charge in [-0.05, 0) is 40.7 Å². The second-order valence-electron chi connectivity index (χ2n) is 6.48. The first-order valence-electron chi connectivity index (χ1n) is 7.54. The van der Waals surface area contributed by atoms with Crippen LogP contribution in [-0.4, -0.2) is 30.6 Å². The molecule has 0 saturated carbocycles. The molecule has 1 rings (SSSR count). The largest absolute Gasteiger partial charge is 0.491 e. The van der Waals surface area contributed by atoms with Crippen LogP contribution in [0.2, 0.25) is 0 Å². The lowest BCUT2D eigenvalue weighted by Gasteiger charge is -2.20. The molecule has 2 N–H and O–H groups in total. The molecule has 4 nitrogen and oxygen atoms in total. The summed E-state index contributed by atoms with van der Waals surface area (Å²) in [5.74, 6) is 0.806. The molecule has 0 aliphatic heterocycles. The smallest absolute Gasteiger partial charge is 0.224 e. The Morgan fingerprint density at radius 2 is 1.86 bits per heavy atom. The fourth-order valence-electron chi connectivity index (χ4n) is 1.89. The first kappa shape index (κ1) is 17.5. The Labute approximate surface area is 128 Å². The van der Waals surface area contributed by atoms with E-state index in [1.807, 2.05) is 38.1 Å². The molecule has 0 fully saturated rings. The van der Waals surface area contributed by atoms with Gasteiger partial charge in [0.15, 0.2) is 0 Å². The van der Waals surface area contributed by atoms with Crippen LogP contribution in [0.25, 0.3) is 0 Å². The third kappa shape index (κ3) is 7.71. The molecule has 0 spiro atoms. The van der Waals surface area contributed by atoms with Gasteiger partial charge < -0.3 is 15.4 Å². The topological polar surface area (TPSA) is 50.4 Å². The average Bonchev–Trinajstić information content (AvgIpc) is 2.35. The molecule has 118 valence electrons. The number of hydrogen-bond donors (Lipinski definition) is 2. The van der Waals surface area contributed by atoms with Crippen LogP contribution in [-0.2, 0) is 11.2 Å². The van der Waals surface area contributed by atoms with Crippen molar-refractivity contribution in [2.75, 3.05) is 13.1 Å². The van der Waals surface area contributed by atoms with Gasteiger partial charge in [0.1, 0.15) is 5.75 Å².